The van der Waals surface area contributed by atoms with Crippen LogP contribution in [0.2, 0.25) is 0 Å². The lowest BCUT2D eigenvalue weighted by molar-refractivity contribution is -0.121. The molecule has 1 heterocycles. The molecule has 0 saturated heterocycles. The van der Waals surface area contributed by atoms with Crippen molar-refractivity contribution in [3.05, 3.63) is 71.8 Å². The molecule has 3 aromatic rings. The molecule has 0 aliphatic carbocycles. The number of oxazole rings is 1. The third-order valence-electron chi connectivity index (χ3n) is 4.28. The number of hydrogen-bond acceptors (Lipinski definition) is 5. The molecule has 158 valence electrons. The quantitative estimate of drug-likeness (QED) is 0.567. The van der Waals surface area contributed by atoms with Gasteiger partial charge in [0.15, 0.2) is 11.7 Å². The molecule has 30 heavy (non-hydrogen) atoms. The Morgan fingerprint density at radius 1 is 1.17 bits per heavy atom. The standard InChI is InChI=1S/C20H19F2N3O4S/c1-23-30(27,28)15-4-2-3-13(9-15)11-24-19(26)7-8-20-25-12-18(29-20)16-6-5-14(21)10-17(16)22/h2-6,9-10,12,23H,7-8,11H2,1H3,(H,24,26). The Morgan fingerprint density at radius 3 is 2.70 bits per heavy atom. The van der Waals surface area contributed by atoms with E-state index in [0.29, 0.717) is 5.56 Å². The SMILES string of the molecule is CNS(=O)(=O)c1cccc(CNC(=O)CCc2ncc(-c3ccc(F)cc3F)o2)c1. The summed E-state index contributed by atoms with van der Waals surface area (Å²) in [5, 5.41) is 2.69. The predicted molar refractivity (Wildman–Crippen MR) is 105 cm³/mol. The van der Waals surface area contributed by atoms with Crippen LogP contribution in [0.5, 0.6) is 0 Å². The summed E-state index contributed by atoms with van der Waals surface area (Å²) in [4.78, 5) is 16.2. The second-order valence-electron chi connectivity index (χ2n) is 6.37. The Balaban J connectivity index is 1.55. The maximum Gasteiger partial charge on any atom is 0.240 e. The van der Waals surface area contributed by atoms with Crippen molar-refractivity contribution in [3.8, 4) is 11.3 Å². The molecule has 0 radical (unpaired) electrons. The van der Waals surface area contributed by atoms with Crippen molar-refractivity contribution in [2.45, 2.75) is 24.3 Å². The topological polar surface area (TPSA) is 101 Å². The van der Waals surface area contributed by atoms with Gasteiger partial charge in [0.05, 0.1) is 16.7 Å². The number of sulfonamides is 1. The van der Waals surface area contributed by atoms with Crippen molar-refractivity contribution in [1.29, 1.82) is 0 Å². The van der Waals surface area contributed by atoms with Gasteiger partial charge >= 0.3 is 0 Å². The number of aromatic nitrogens is 1. The van der Waals surface area contributed by atoms with Gasteiger partial charge < -0.3 is 9.73 Å². The average molecular weight is 435 g/mol. The maximum atomic E-state index is 13.8. The summed E-state index contributed by atoms with van der Waals surface area (Å²) in [5.41, 5.74) is 0.709. The molecule has 2 aromatic carbocycles. The van der Waals surface area contributed by atoms with Gasteiger partial charge in [0.2, 0.25) is 15.9 Å². The number of benzene rings is 2. The third kappa shape index (κ3) is 5.28. The first-order valence-electron chi connectivity index (χ1n) is 8.98. The van der Waals surface area contributed by atoms with E-state index in [2.05, 4.69) is 15.0 Å². The summed E-state index contributed by atoms with van der Waals surface area (Å²) < 4.78 is 58.2. The first-order valence-corrected chi connectivity index (χ1v) is 10.5. The zero-order valence-electron chi connectivity index (χ0n) is 16.0. The summed E-state index contributed by atoms with van der Waals surface area (Å²) in [5.74, 6) is -1.36. The first kappa shape index (κ1) is 21.6. The largest absolute Gasteiger partial charge is 0.441 e. The molecular weight excluding hydrogens is 416 g/mol. The van der Waals surface area contributed by atoms with Crippen LogP contribution in [0.4, 0.5) is 8.78 Å². The number of rotatable bonds is 8. The smallest absolute Gasteiger partial charge is 0.240 e. The van der Waals surface area contributed by atoms with Crippen LogP contribution in [0.1, 0.15) is 17.9 Å². The van der Waals surface area contributed by atoms with Crippen molar-refractivity contribution in [2.75, 3.05) is 7.05 Å². The van der Waals surface area contributed by atoms with E-state index in [-0.39, 0.29) is 47.4 Å². The van der Waals surface area contributed by atoms with Crippen molar-refractivity contribution >= 4 is 15.9 Å². The van der Waals surface area contributed by atoms with Crippen LogP contribution in [-0.2, 0) is 27.8 Å². The van der Waals surface area contributed by atoms with Gasteiger partial charge in [0, 0.05) is 25.5 Å². The zero-order chi connectivity index (χ0) is 21.7. The molecule has 0 aliphatic rings. The molecule has 0 unspecified atom stereocenters. The highest BCUT2D eigenvalue weighted by molar-refractivity contribution is 7.89. The fourth-order valence-corrected chi connectivity index (χ4v) is 3.49. The fourth-order valence-electron chi connectivity index (χ4n) is 2.69. The summed E-state index contributed by atoms with van der Waals surface area (Å²) in [6.45, 7) is 0.156. The molecule has 7 nitrogen and oxygen atoms in total. The van der Waals surface area contributed by atoms with Gasteiger partial charge in [0.1, 0.15) is 11.6 Å². The molecule has 2 N–H and O–H groups in total. The van der Waals surface area contributed by atoms with E-state index in [1.807, 2.05) is 0 Å². The summed E-state index contributed by atoms with van der Waals surface area (Å²) >= 11 is 0. The number of nitrogens with zero attached hydrogens (tertiary/aromatic N) is 1. The predicted octanol–water partition coefficient (Wildman–Crippen LogP) is 2.78. The maximum absolute atomic E-state index is 13.8. The Morgan fingerprint density at radius 2 is 1.97 bits per heavy atom. The third-order valence-corrected chi connectivity index (χ3v) is 5.70. The van der Waals surface area contributed by atoms with Crippen molar-refractivity contribution in [1.82, 2.24) is 15.0 Å². The van der Waals surface area contributed by atoms with E-state index in [9.17, 15) is 22.0 Å². The van der Waals surface area contributed by atoms with Crippen LogP contribution in [0.25, 0.3) is 11.3 Å². The lowest BCUT2D eigenvalue weighted by atomic mass is 10.2. The van der Waals surface area contributed by atoms with Crippen molar-refractivity contribution < 1.29 is 26.4 Å². The minimum atomic E-state index is -3.56. The normalized spacial score (nSPS) is 11.4. The van der Waals surface area contributed by atoms with Crippen LogP contribution in [-0.4, -0.2) is 26.4 Å². The van der Waals surface area contributed by atoms with Crippen LogP contribution in [0.3, 0.4) is 0 Å². The molecule has 1 aromatic heterocycles. The summed E-state index contributed by atoms with van der Waals surface area (Å²) in [7, 11) is -2.24. The van der Waals surface area contributed by atoms with Crippen molar-refractivity contribution in [3.63, 3.8) is 0 Å². The number of nitrogens with one attached hydrogen (secondary N) is 2. The second kappa shape index (κ2) is 9.14. The molecule has 0 aliphatic heterocycles. The van der Waals surface area contributed by atoms with Gasteiger partial charge in [-0.25, -0.2) is 26.9 Å². The molecule has 0 bridgehead atoms. The summed E-state index contributed by atoms with van der Waals surface area (Å²) in [6.07, 6.45) is 1.57. The highest BCUT2D eigenvalue weighted by Gasteiger charge is 2.14. The Hall–Kier alpha value is -3.11. The summed E-state index contributed by atoms with van der Waals surface area (Å²) in [6, 6.07) is 9.35. The Bertz CT molecular complexity index is 1160. The highest BCUT2D eigenvalue weighted by atomic mass is 32.2. The average Bonchev–Trinajstić information content (AvgIpc) is 3.19. The molecular formula is C20H19F2N3O4S. The van der Waals surface area contributed by atoms with E-state index in [4.69, 9.17) is 4.42 Å². The monoisotopic (exact) mass is 435 g/mol. The number of carbonyl (C=O) groups is 1. The molecule has 3 rings (SSSR count). The van der Waals surface area contributed by atoms with E-state index in [1.165, 1.54) is 31.4 Å². The molecule has 0 spiro atoms. The van der Waals surface area contributed by atoms with E-state index >= 15 is 0 Å². The number of aryl methyl sites for hydroxylation is 1. The molecule has 0 saturated carbocycles. The van der Waals surface area contributed by atoms with Gasteiger partial charge in [-0.05, 0) is 36.9 Å². The lowest BCUT2D eigenvalue weighted by Crippen LogP contribution is -2.23. The second-order valence-corrected chi connectivity index (χ2v) is 8.26. The fraction of sp³-hybridized carbons (Fsp3) is 0.200. The van der Waals surface area contributed by atoms with Gasteiger partial charge in [-0.15, -0.1) is 0 Å². The van der Waals surface area contributed by atoms with Crippen LogP contribution in [0, 0.1) is 11.6 Å². The Labute approximate surface area is 172 Å². The van der Waals surface area contributed by atoms with E-state index < -0.39 is 21.7 Å². The van der Waals surface area contributed by atoms with Crippen molar-refractivity contribution in [2.24, 2.45) is 0 Å². The number of halogens is 2. The zero-order valence-corrected chi connectivity index (χ0v) is 16.8. The number of hydrogen-bond donors (Lipinski definition) is 2. The van der Waals surface area contributed by atoms with Crippen LogP contribution in [0.15, 0.2) is 58.0 Å². The molecule has 0 fully saturated rings. The molecule has 10 heteroatoms. The van der Waals surface area contributed by atoms with Gasteiger partial charge in [-0.3, -0.25) is 4.79 Å². The number of amides is 1. The van der Waals surface area contributed by atoms with Gasteiger partial charge in [-0.1, -0.05) is 12.1 Å². The lowest BCUT2D eigenvalue weighted by Gasteiger charge is -2.07. The minimum absolute atomic E-state index is 0.0698. The van der Waals surface area contributed by atoms with Gasteiger partial charge in [-0.2, -0.15) is 0 Å². The van der Waals surface area contributed by atoms with E-state index in [1.54, 1.807) is 12.1 Å². The van der Waals surface area contributed by atoms with Gasteiger partial charge in [0.25, 0.3) is 0 Å². The number of carbonyl (C=O) groups excluding carboxylic acids is 1. The minimum Gasteiger partial charge on any atom is -0.441 e. The van der Waals surface area contributed by atoms with E-state index in [0.717, 1.165) is 12.1 Å². The first-order chi connectivity index (χ1) is 14.3. The Kier molecular flexibility index (Phi) is 6.58. The highest BCUT2D eigenvalue weighted by Crippen LogP contribution is 2.24. The molecule has 1 amide bonds. The molecule has 0 atom stereocenters. The van der Waals surface area contributed by atoms with Crippen LogP contribution < -0.4 is 10.0 Å². The van der Waals surface area contributed by atoms with Crippen LogP contribution >= 0.6 is 0 Å².